The fourth-order valence-electron chi connectivity index (χ4n) is 6.87. The lowest BCUT2D eigenvalue weighted by Crippen LogP contribution is -2.59. The van der Waals surface area contributed by atoms with Gasteiger partial charge in [-0.15, -0.1) is 0 Å². The number of unbranched alkanes of at least 4 members (excludes halogenated alkanes) is 3. The summed E-state index contributed by atoms with van der Waals surface area (Å²) < 4.78 is 61.5. The summed E-state index contributed by atoms with van der Waals surface area (Å²) in [4.78, 5) is 41.1. The van der Waals surface area contributed by atoms with E-state index in [0.29, 0.717) is 42.8 Å². The molecule has 0 saturated carbocycles. The number of ether oxygens (including phenoxy) is 2. The van der Waals surface area contributed by atoms with Gasteiger partial charge >= 0.3 is 5.69 Å². The second-order valence-electron chi connectivity index (χ2n) is 19.2. The highest BCUT2D eigenvalue weighted by Crippen LogP contribution is 2.52. The van der Waals surface area contributed by atoms with Crippen LogP contribution in [-0.2, 0) is 39.2 Å². The van der Waals surface area contributed by atoms with Gasteiger partial charge in [0.15, 0.2) is 34.2 Å². The molecule has 13 nitrogen and oxygen atoms in total. The van der Waals surface area contributed by atoms with Gasteiger partial charge in [-0.1, -0.05) is 115 Å². The molecular formula is C45H65N3O10SSi2. The summed E-state index contributed by atoms with van der Waals surface area (Å²) in [6.07, 6.45) is 2.09. The minimum absolute atomic E-state index is 0.0720. The Bertz CT molecular complexity index is 2330. The lowest BCUT2D eigenvalue weighted by molar-refractivity contribution is -0.0567. The summed E-state index contributed by atoms with van der Waals surface area (Å²) in [6, 6.07) is 18.5. The van der Waals surface area contributed by atoms with Gasteiger partial charge in [0.2, 0.25) is 0 Å². The molecule has 1 spiro atoms. The van der Waals surface area contributed by atoms with Crippen LogP contribution in [0.4, 0.5) is 0 Å². The summed E-state index contributed by atoms with van der Waals surface area (Å²) in [5.74, 6) is 0.334. The predicted molar refractivity (Wildman–Crippen MR) is 243 cm³/mol. The second-order valence-corrected chi connectivity index (χ2v) is 30.1. The number of carbonyl (C=O) groups excluding carboxylic acids is 1. The molecule has 0 radical (unpaired) electrons. The molecule has 1 saturated heterocycles. The first kappa shape index (κ1) is 48.1. The Hall–Kier alpha value is -3.91. The first-order valence-corrected chi connectivity index (χ1v) is 28.3. The van der Waals surface area contributed by atoms with Crippen molar-refractivity contribution in [3.05, 3.63) is 122 Å². The normalized spacial score (nSPS) is 22.1. The van der Waals surface area contributed by atoms with E-state index in [4.69, 9.17) is 28.2 Å². The van der Waals surface area contributed by atoms with Crippen molar-refractivity contribution in [2.75, 3.05) is 13.2 Å². The molecule has 4 atom stereocenters. The zero-order valence-electron chi connectivity index (χ0n) is 37.6. The van der Waals surface area contributed by atoms with E-state index in [9.17, 15) is 22.8 Å². The highest BCUT2D eigenvalue weighted by atomic mass is 32.2. The highest BCUT2D eigenvalue weighted by molar-refractivity contribution is 7.90. The minimum atomic E-state index is -4.27. The van der Waals surface area contributed by atoms with Crippen LogP contribution in [0.15, 0.2) is 93.6 Å². The van der Waals surface area contributed by atoms with Crippen molar-refractivity contribution in [1.29, 1.82) is 0 Å². The molecule has 2 aliphatic rings. The Morgan fingerprint density at radius 3 is 2.00 bits per heavy atom. The van der Waals surface area contributed by atoms with E-state index in [1.54, 1.807) is 19.1 Å². The van der Waals surface area contributed by atoms with E-state index in [1.807, 2.05) is 61.6 Å². The molecule has 1 fully saturated rings. The molecule has 334 valence electrons. The minimum Gasteiger partial charge on any atom is -0.493 e. The molecule has 2 aromatic carbocycles. The van der Waals surface area contributed by atoms with Crippen LogP contribution in [-0.4, -0.2) is 71.0 Å². The van der Waals surface area contributed by atoms with E-state index in [2.05, 4.69) is 54.6 Å². The van der Waals surface area contributed by atoms with Gasteiger partial charge in [-0.2, -0.15) is 8.42 Å². The van der Waals surface area contributed by atoms with Crippen molar-refractivity contribution in [1.82, 2.24) is 9.13 Å². The van der Waals surface area contributed by atoms with Crippen LogP contribution >= 0.6 is 0 Å². The predicted octanol–water partition coefficient (Wildman–Crippen LogP) is 8.03. The van der Waals surface area contributed by atoms with Gasteiger partial charge in [0.25, 0.3) is 15.7 Å². The molecule has 0 bridgehead atoms. The number of ketones is 1. The van der Waals surface area contributed by atoms with Crippen molar-refractivity contribution in [3.63, 3.8) is 0 Å². The maximum Gasteiger partial charge on any atom is 0.333 e. The molecule has 2 N–H and O–H groups in total. The van der Waals surface area contributed by atoms with Gasteiger partial charge in [0.1, 0.15) is 18.0 Å². The Morgan fingerprint density at radius 2 is 1.44 bits per heavy atom. The van der Waals surface area contributed by atoms with E-state index >= 15 is 0 Å². The number of hydrogen-bond acceptors (Lipinski definition) is 11. The third-order valence-electron chi connectivity index (χ3n) is 12.6. The molecule has 3 heterocycles. The van der Waals surface area contributed by atoms with Crippen LogP contribution in [0.2, 0.25) is 36.3 Å². The SMILES string of the molecule is Cc1cn([C@@H]2O[C@H](CO[Si](C)(C)C(C)(C)C)C3(OS(=O)(=O)C=C3N)[C@H]2O[Si](C)(C)C(C)(C)C)c(=O)n(CCCCCCO/C(=C/C(=O)c2ccccc2)c2ccccc2)c1=O. The van der Waals surface area contributed by atoms with Gasteiger partial charge in [-0.05, 0) is 56.0 Å². The van der Waals surface area contributed by atoms with Crippen molar-refractivity contribution in [2.24, 2.45) is 5.73 Å². The molecular weight excluding hydrogens is 831 g/mol. The van der Waals surface area contributed by atoms with Crippen molar-refractivity contribution < 1.29 is 35.7 Å². The Balaban J connectivity index is 1.38. The van der Waals surface area contributed by atoms with E-state index in [0.717, 1.165) is 17.4 Å². The summed E-state index contributed by atoms with van der Waals surface area (Å²) in [5, 5.41) is 0.373. The monoisotopic (exact) mass is 895 g/mol. The summed E-state index contributed by atoms with van der Waals surface area (Å²) in [5.41, 5.74) is 5.31. The smallest absolute Gasteiger partial charge is 0.333 e. The lowest BCUT2D eigenvalue weighted by Gasteiger charge is -2.43. The molecule has 2 aliphatic heterocycles. The molecule has 5 rings (SSSR count). The number of hydrogen-bond donors (Lipinski definition) is 1. The highest BCUT2D eigenvalue weighted by Gasteiger charge is 2.67. The molecule has 0 aliphatic carbocycles. The average Bonchev–Trinajstić information content (AvgIpc) is 3.61. The van der Waals surface area contributed by atoms with Crippen molar-refractivity contribution in [2.45, 2.75) is 141 Å². The summed E-state index contributed by atoms with van der Waals surface area (Å²) in [7, 11) is -9.45. The van der Waals surface area contributed by atoms with Gasteiger partial charge < -0.3 is 24.1 Å². The van der Waals surface area contributed by atoms with E-state index in [1.165, 1.54) is 21.4 Å². The molecule has 1 aromatic heterocycles. The second kappa shape index (κ2) is 18.4. The molecule has 16 heteroatoms. The third-order valence-corrected chi connectivity index (χ3v) is 22.6. The van der Waals surface area contributed by atoms with Crippen LogP contribution in [0.3, 0.4) is 0 Å². The average molecular weight is 896 g/mol. The van der Waals surface area contributed by atoms with Crippen LogP contribution in [0.1, 0.15) is 94.9 Å². The Labute approximate surface area is 363 Å². The van der Waals surface area contributed by atoms with Crippen molar-refractivity contribution in [3.8, 4) is 0 Å². The maximum absolute atomic E-state index is 14.5. The first-order chi connectivity index (χ1) is 28.3. The molecule has 0 amide bonds. The number of aromatic nitrogens is 2. The van der Waals surface area contributed by atoms with Crippen LogP contribution < -0.4 is 17.0 Å². The van der Waals surface area contributed by atoms with E-state index in [-0.39, 0.29) is 34.7 Å². The molecule has 61 heavy (non-hydrogen) atoms. The largest absolute Gasteiger partial charge is 0.493 e. The van der Waals surface area contributed by atoms with Gasteiger partial charge in [-0.3, -0.25) is 18.7 Å². The summed E-state index contributed by atoms with van der Waals surface area (Å²) >= 11 is 0. The number of carbonyl (C=O) groups is 1. The number of rotatable bonds is 17. The summed E-state index contributed by atoms with van der Waals surface area (Å²) in [6.45, 7) is 22.7. The number of nitrogens with zero attached hydrogens (tertiary/aromatic N) is 2. The number of nitrogens with two attached hydrogens (primary N) is 1. The lowest BCUT2D eigenvalue weighted by atomic mass is 9.89. The third kappa shape index (κ3) is 10.7. The quantitative estimate of drug-likeness (QED) is 0.0348. The topological polar surface area (TPSA) is 167 Å². The number of aryl methyl sites for hydroxylation is 1. The van der Waals surface area contributed by atoms with Crippen LogP contribution in [0, 0.1) is 6.92 Å². The standard InChI is InChI=1S/C45H65N3O10SSi2/c1-32-29-48(41-39(57-61(10,11)44(5,6)7)45(37(46)31-59(52,53)58-45)38(56-41)30-55-60(8,9)43(2,3)4)42(51)47(40(32)50)26-20-12-13-21-27-54-36(34-24-18-15-19-25-34)28-35(49)33-22-16-14-17-23-33/h14-19,22-25,28-29,31,38-39,41H,12-13,20-21,26-27,30,46H2,1-11H3/b36-28+/t38-,39+,41-,45?/m1/s1. The zero-order chi connectivity index (χ0) is 45.2. The van der Waals surface area contributed by atoms with Gasteiger partial charge in [0.05, 0.1) is 24.3 Å². The number of allylic oxidation sites excluding steroid dienone is 1. The van der Waals surface area contributed by atoms with Crippen LogP contribution in [0.25, 0.3) is 5.76 Å². The van der Waals surface area contributed by atoms with Gasteiger partial charge in [-0.25, -0.2) is 8.98 Å². The van der Waals surface area contributed by atoms with E-state index < -0.39 is 62.0 Å². The first-order valence-electron chi connectivity index (χ1n) is 21.0. The van der Waals surface area contributed by atoms with Crippen molar-refractivity contribution >= 4 is 38.3 Å². The fourth-order valence-corrected chi connectivity index (χ4v) is 10.4. The number of benzene rings is 2. The molecule has 1 unspecified atom stereocenters. The molecule has 3 aromatic rings. The Kier molecular flexibility index (Phi) is 14.5. The fraction of sp³-hybridized carbons (Fsp3) is 0.533. The maximum atomic E-state index is 14.5. The van der Waals surface area contributed by atoms with Gasteiger partial charge in [0, 0.05) is 35.5 Å². The van der Waals surface area contributed by atoms with Crippen LogP contribution in [0.5, 0.6) is 0 Å². The zero-order valence-corrected chi connectivity index (χ0v) is 40.5. The Morgan fingerprint density at radius 1 is 0.869 bits per heavy atom.